The third-order valence-electron chi connectivity index (χ3n) is 8.86. The van der Waals surface area contributed by atoms with Crippen molar-refractivity contribution < 1.29 is 0 Å². The monoisotopic (exact) mass is 576 g/mol. The zero-order chi connectivity index (χ0) is 30.2. The van der Waals surface area contributed by atoms with Crippen LogP contribution in [0.2, 0.25) is 0 Å². The number of hydrogen-bond acceptors (Lipinski definition) is 2. The summed E-state index contributed by atoms with van der Waals surface area (Å²) in [6, 6.07) is 63.3. The maximum Gasteiger partial charge on any atom is 0.0540 e. The van der Waals surface area contributed by atoms with Gasteiger partial charge in [0.25, 0.3) is 0 Å². The van der Waals surface area contributed by atoms with Crippen LogP contribution in [0.5, 0.6) is 0 Å². The fourth-order valence-electron chi connectivity index (χ4n) is 6.53. The molecule has 0 aliphatic heterocycles. The summed E-state index contributed by atoms with van der Waals surface area (Å²) in [5.41, 5.74) is 8.19. The van der Waals surface area contributed by atoms with Gasteiger partial charge < -0.3 is 9.80 Å². The smallest absolute Gasteiger partial charge is 0.0540 e. The molecule has 8 rings (SSSR count). The van der Waals surface area contributed by atoms with E-state index in [-0.39, 0.29) is 0 Å². The molecule has 0 atom stereocenters. The van der Waals surface area contributed by atoms with Crippen molar-refractivity contribution in [3.63, 3.8) is 0 Å². The van der Waals surface area contributed by atoms with Crippen LogP contribution < -0.4 is 9.80 Å². The largest absolute Gasteiger partial charge is 0.344 e. The maximum absolute atomic E-state index is 2.40. The van der Waals surface area contributed by atoms with E-state index in [9.17, 15) is 0 Å². The molecule has 0 heterocycles. The highest BCUT2D eigenvalue weighted by molar-refractivity contribution is 6.04. The molecule has 2 heteroatoms. The SMILES string of the molecule is CN(c1ccc(-c2ccc(N(c3cccc4ccccc34)c3cccc4ccccc34)cc2)cc1)c1cccc2ccccc12. The summed E-state index contributed by atoms with van der Waals surface area (Å²) in [5.74, 6) is 0. The molecule has 0 N–H and O–H groups in total. The molecular weight excluding hydrogens is 544 g/mol. The Hall–Kier alpha value is -5.86. The molecule has 0 saturated carbocycles. The van der Waals surface area contributed by atoms with Crippen molar-refractivity contribution in [2.24, 2.45) is 0 Å². The van der Waals surface area contributed by atoms with Crippen LogP contribution in [0.15, 0.2) is 176 Å². The Labute approximate surface area is 264 Å². The van der Waals surface area contributed by atoms with Crippen LogP contribution in [0.4, 0.5) is 28.4 Å². The van der Waals surface area contributed by atoms with E-state index in [2.05, 4.69) is 193 Å². The second-order valence-corrected chi connectivity index (χ2v) is 11.5. The van der Waals surface area contributed by atoms with E-state index < -0.39 is 0 Å². The highest BCUT2D eigenvalue weighted by Crippen LogP contribution is 2.42. The van der Waals surface area contributed by atoms with Gasteiger partial charge in [-0.25, -0.2) is 0 Å². The summed E-state index contributed by atoms with van der Waals surface area (Å²) >= 11 is 0. The van der Waals surface area contributed by atoms with Gasteiger partial charge in [0.15, 0.2) is 0 Å². The molecule has 8 aromatic carbocycles. The average Bonchev–Trinajstić information content (AvgIpc) is 3.12. The zero-order valence-electron chi connectivity index (χ0n) is 25.1. The zero-order valence-corrected chi connectivity index (χ0v) is 25.1. The number of fused-ring (bicyclic) bond motifs is 3. The normalized spacial score (nSPS) is 11.2. The van der Waals surface area contributed by atoms with Gasteiger partial charge >= 0.3 is 0 Å². The first-order valence-electron chi connectivity index (χ1n) is 15.4. The van der Waals surface area contributed by atoms with Gasteiger partial charge in [0, 0.05) is 40.3 Å². The van der Waals surface area contributed by atoms with Crippen molar-refractivity contribution in [3.8, 4) is 11.1 Å². The lowest BCUT2D eigenvalue weighted by Crippen LogP contribution is -2.11. The minimum absolute atomic E-state index is 1.12. The molecule has 0 aromatic heterocycles. The van der Waals surface area contributed by atoms with E-state index in [4.69, 9.17) is 0 Å². The van der Waals surface area contributed by atoms with Crippen molar-refractivity contribution in [2.45, 2.75) is 0 Å². The summed E-state index contributed by atoms with van der Waals surface area (Å²) in [6.45, 7) is 0. The molecule has 0 aliphatic carbocycles. The maximum atomic E-state index is 2.40. The Morgan fingerprint density at radius 2 is 0.667 bits per heavy atom. The van der Waals surface area contributed by atoms with Gasteiger partial charge in [-0.3, -0.25) is 0 Å². The molecule has 0 saturated heterocycles. The standard InChI is InChI=1S/C43H32N2/c1-44(41-20-8-14-33-11-2-5-17-38(33)41)36-27-23-31(24-28-36)32-25-29-37(30-26-32)45(42-21-9-15-34-12-3-6-18-39(34)42)43-22-10-16-35-13-4-7-19-40(35)43/h2-30H,1H3. The fourth-order valence-corrected chi connectivity index (χ4v) is 6.53. The second-order valence-electron chi connectivity index (χ2n) is 11.5. The number of hydrogen-bond donors (Lipinski definition) is 0. The molecule has 45 heavy (non-hydrogen) atoms. The van der Waals surface area contributed by atoms with E-state index in [1.807, 2.05) is 0 Å². The molecule has 8 aromatic rings. The predicted molar refractivity (Wildman–Crippen MR) is 194 cm³/mol. The van der Waals surface area contributed by atoms with Crippen LogP contribution in [0.3, 0.4) is 0 Å². The summed E-state index contributed by atoms with van der Waals surface area (Å²) in [5, 5.41) is 7.41. The average molecular weight is 577 g/mol. The van der Waals surface area contributed by atoms with Crippen molar-refractivity contribution in [1.29, 1.82) is 0 Å². The summed E-state index contributed by atoms with van der Waals surface area (Å²) in [6.07, 6.45) is 0. The van der Waals surface area contributed by atoms with Crippen LogP contribution in [0.1, 0.15) is 0 Å². The molecule has 2 nitrogen and oxygen atoms in total. The van der Waals surface area contributed by atoms with Gasteiger partial charge in [-0.05, 0) is 69.8 Å². The van der Waals surface area contributed by atoms with Gasteiger partial charge in [-0.1, -0.05) is 133 Å². The quantitative estimate of drug-likeness (QED) is 0.194. The third-order valence-corrected chi connectivity index (χ3v) is 8.86. The van der Waals surface area contributed by atoms with E-state index in [0.717, 1.165) is 22.7 Å². The molecule has 214 valence electrons. The van der Waals surface area contributed by atoms with Crippen molar-refractivity contribution in [3.05, 3.63) is 176 Å². The van der Waals surface area contributed by atoms with Gasteiger partial charge in [0.1, 0.15) is 0 Å². The van der Waals surface area contributed by atoms with Crippen molar-refractivity contribution in [2.75, 3.05) is 16.8 Å². The topological polar surface area (TPSA) is 6.48 Å². The number of anilines is 5. The van der Waals surface area contributed by atoms with Crippen molar-refractivity contribution in [1.82, 2.24) is 0 Å². The van der Waals surface area contributed by atoms with E-state index in [1.165, 1.54) is 49.1 Å². The Morgan fingerprint density at radius 1 is 0.311 bits per heavy atom. The fraction of sp³-hybridized carbons (Fsp3) is 0.0233. The lowest BCUT2D eigenvalue weighted by Gasteiger charge is -2.28. The van der Waals surface area contributed by atoms with Gasteiger partial charge in [0.2, 0.25) is 0 Å². The first kappa shape index (κ1) is 26.7. The third kappa shape index (κ3) is 4.87. The predicted octanol–water partition coefficient (Wildman–Crippen LogP) is 12.1. The summed E-state index contributed by atoms with van der Waals surface area (Å²) in [7, 11) is 2.14. The summed E-state index contributed by atoms with van der Waals surface area (Å²) in [4.78, 5) is 4.66. The number of rotatable bonds is 6. The molecule has 0 unspecified atom stereocenters. The van der Waals surface area contributed by atoms with E-state index in [1.54, 1.807) is 0 Å². The molecule has 0 bridgehead atoms. The van der Waals surface area contributed by atoms with Gasteiger partial charge in [-0.15, -0.1) is 0 Å². The van der Waals surface area contributed by atoms with Crippen molar-refractivity contribution >= 4 is 60.8 Å². The van der Waals surface area contributed by atoms with Gasteiger partial charge in [-0.2, -0.15) is 0 Å². The first-order chi connectivity index (χ1) is 22.2. The lowest BCUT2D eigenvalue weighted by atomic mass is 10.0. The number of nitrogens with zero attached hydrogens (tertiary/aromatic N) is 2. The Balaban J connectivity index is 1.17. The van der Waals surface area contributed by atoms with Crippen LogP contribution in [-0.4, -0.2) is 7.05 Å². The molecule has 0 aliphatic rings. The molecule has 0 spiro atoms. The highest BCUT2D eigenvalue weighted by atomic mass is 15.1. The molecule has 0 radical (unpaired) electrons. The van der Waals surface area contributed by atoms with Gasteiger partial charge in [0.05, 0.1) is 11.4 Å². The summed E-state index contributed by atoms with van der Waals surface area (Å²) < 4.78 is 0. The Bertz CT molecular complexity index is 2190. The minimum atomic E-state index is 1.12. The highest BCUT2D eigenvalue weighted by Gasteiger charge is 2.17. The number of benzene rings is 8. The van der Waals surface area contributed by atoms with Crippen LogP contribution in [0, 0.1) is 0 Å². The van der Waals surface area contributed by atoms with E-state index >= 15 is 0 Å². The van der Waals surface area contributed by atoms with E-state index in [0.29, 0.717) is 0 Å². The second kappa shape index (κ2) is 11.3. The minimum Gasteiger partial charge on any atom is -0.344 e. The molecular formula is C43H32N2. The Morgan fingerprint density at radius 3 is 1.13 bits per heavy atom. The molecule has 0 amide bonds. The van der Waals surface area contributed by atoms with Crippen LogP contribution in [-0.2, 0) is 0 Å². The Kier molecular flexibility index (Phi) is 6.73. The first-order valence-corrected chi connectivity index (χ1v) is 15.4. The van der Waals surface area contributed by atoms with Crippen LogP contribution in [0.25, 0.3) is 43.4 Å². The molecule has 0 fully saturated rings. The lowest BCUT2D eigenvalue weighted by molar-refractivity contribution is 1.22. The van der Waals surface area contributed by atoms with Crippen LogP contribution >= 0.6 is 0 Å².